The minimum Gasteiger partial charge on any atom is -0.480 e. The Morgan fingerprint density at radius 3 is 2.00 bits per heavy atom. The Balaban J connectivity index is 4.64. The van der Waals surface area contributed by atoms with E-state index in [4.69, 9.17) is 22.3 Å². The number of hydrogen-bond donors (Lipinski definition) is 9. The number of nitrogens with two attached hydrogens (primary N) is 3. The van der Waals surface area contributed by atoms with E-state index >= 15 is 0 Å². The highest BCUT2D eigenvalue weighted by atomic mass is 16.4. The molecule has 172 valence electrons. The van der Waals surface area contributed by atoms with Crippen LogP contribution in [-0.4, -0.2) is 88.4 Å². The monoisotopic (exact) mass is 433 g/mol. The molecule has 0 rings (SSSR count). The lowest BCUT2D eigenvalue weighted by Crippen LogP contribution is -2.59. The first-order valence-electron chi connectivity index (χ1n) is 9.14. The van der Waals surface area contributed by atoms with Gasteiger partial charge in [0.2, 0.25) is 17.7 Å². The molecule has 0 aliphatic heterocycles. The lowest BCUT2D eigenvalue weighted by molar-refractivity contribution is -0.145. The molecule has 0 saturated carbocycles. The molecule has 0 aliphatic carbocycles. The molecule has 0 radical (unpaired) electrons. The number of aliphatic hydroxyl groups is 2. The quantitative estimate of drug-likeness (QED) is 0.0761. The van der Waals surface area contributed by atoms with E-state index in [-0.39, 0.29) is 12.4 Å². The van der Waals surface area contributed by atoms with Crippen LogP contribution in [0.3, 0.4) is 0 Å². The van der Waals surface area contributed by atoms with Crippen LogP contribution >= 0.6 is 0 Å². The van der Waals surface area contributed by atoms with Gasteiger partial charge in [0.25, 0.3) is 0 Å². The van der Waals surface area contributed by atoms with Crippen molar-refractivity contribution in [3.05, 3.63) is 0 Å². The molecule has 0 fully saturated rings. The van der Waals surface area contributed by atoms with Crippen LogP contribution in [0.25, 0.3) is 0 Å². The molecule has 0 aromatic carbocycles. The van der Waals surface area contributed by atoms with Crippen LogP contribution in [0.5, 0.6) is 0 Å². The summed E-state index contributed by atoms with van der Waals surface area (Å²) in [4.78, 5) is 50.9. The van der Waals surface area contributed by atoms with E-state index in [0.29, 0.717) is 13.0 Å². The van der Waals surface area contributed by atoms with Crippen molar-refractivity contribution in [2.24, 2.45) is 22.2 Å². The first-order chi connectivity index (χ1) is 13.9. The predicted molar refractivity (Wildman–Crippen MR) is 106 cm³/mol. The van der Waals surface area contributed by atoms with Crippen molar-refractivity contribution < 1.29 is 34.5 Å². The smallest absolute Gasteiger partial charge is 0.328 e. The van der Waals surface area contributed by atoms with E-state index in [9.17, 15) is 29.4 Å². The Labute approximate surface area is 173 Å². The number of carbonyl (C=O) groups is 4. The third-order valence-electron chi connectivity index (χ3n) is 3.86. The zero-order valence-corrected chi connectivity index (χ0v) is 16.9. The Bertz CT molecular complexity index is 635. The Morgan fingerprint density at radius 1 is 0.967 bits per heavy atom. The molecule has 5 unspecified atom stereocenters. The first kappa shape index (κ1) is 27.0. The van der Waals surface area contributed by atoms with Gasteiger partial charge in [-0.25, -0.2) is 4.79 Å². The summed E-state index contributed by atoms with van der Waals surface area (Å²) in [7, 11) is 0. The number of hydrogen-bond acceptors (Lipinski definition) is 8. The second-order valence-electron chi connectivity index (χ2n) is 6.62. The predicted octanol–water partition coefficient (Wildman–Crippen LogP) is -4.70. The number of aliphatic hydroxyl groups excluding tert-OH is 2. The van der Waals surface area contributed by atoms with Crippen molar-refractivity contribution in [1.82, 2.24) is 16.0 Å². The highest BCUT2D eigenvalue weighted by molar-refractivity contribution is 5.92. The molecule has 0 saturated heterocycles. The molecular formula is C16H31N7O7. The van der Waals surface area contributed by atoms with E-state index in [2.05, 4.69) is 15.6 Å². The zero-order chi connectivity index (χ0) is 23.4. The van der Waals surface area contributed by atoms with Crippen LogP contribution in [-0.2, 0) is 19.2 Å². The molecule has 14 heteroatoms. The van der Waals surface area contributed by atoms with Gasteiger partial charge in [-0.1, -0.05) is 0 Å². The average molecular weight is 433 g/mol. The fourth-order valence-corrected chi connectivity index (χ4v) is 2.21. The number of carbonyl (C=O) groups excluding carboxylic acids is 3. The first-order valence-corrected chi connectivity index (χ1v) is 9.14. The number of aliphatic imine (C=N–C) groups is 1. The van der Waals surface area contributed by atoms with Crippen LogP contribution in [0.15, 0.2) is 4.99 Å². The summed E-state index contributed by atoms with van der Waals surface area (Å²) in [6.45, 7) is 2.12. The molecule has 0 spiro atoms. The van der Waals surface area contributed by atoms with E-state index in [1.165, 1.54) is 6.92 Å². The number of amides is 3. The molecule has 0 aromatic rings. The number of nitrogens with zero attached hydrogens (tertiary/aromatic N) is 1. The second kappa shape index (κ2) is 13.3. The minimum atomic E-state index is -1.63. The molecule has 5 atom stereocenters. The molecule has 14 nitrogen and oxygen atoms in total. The normalized spacial score (nSPS) is 15.6. The van der Waals surface area contributed by atoms with Gasteiger partial charge in [-0.3, -0.25) is 19.4 Å². The van der Waals surface area contributed by atoms with E-state index < -0.39 is 60.6 Å². The molecule has 30 heavy (non-hydrogen) atoms. The van der Waals surface area contributed by atoms with E-state index in [0.717, 1.165) is 6.92 Å². The van der Waals surface area contributed by atoms with Gasteiger partial charge >= 0.3 is 5.97 Å². The minimum absolute atomic E-state index is 0.0791. The molecule has 0 heterocycles. The number of carboxylic acids is 1. The van der Waals surface area contributed by atoms with Crippen molar-refractivity contribution in [2.45, 2.75) is 57.0 Å². The zero-order valence-electron chi connectivity index (χ0n) is 16.9. The van der Waals surface area contributed by atoms with Crippen LogP contribution in [0.2, 0.25) is 0 Å². The third-order valence-corrected chi connectivity index (χ3v) is 3.86. The van der Waals surface area contributed by atoms with Crippen molar-refractivity contribution in [3.8, 4) is 0 Å². The Hall–Kier alpha value is -2.97. The highest BCUT2D eigenvalue weighted by Crippen LogP contribution is 1.99. The standard InChI is InChI=1S/C16H31N7O7/c1-7(24)11(14(28)23-12(8(2)25)15(29)30)22-10(26)6-21-13(27)9(17)4-3-5-20-16(18)19/h7-9,11-12,24-25H,3-6,17H2,1-2H3,(H,21,27)(H,22,26)(H,23,28)(H,29,30)(H4,18,19,20). The summed E-state index contributed by atoms with van der Waals surface area (Å²) < 4.78 is 0. The number of nitrogens with one attached hydrogen (secondary N) is 3. The molecule has 12 N–H and O–H groups in total. The van der Waals surface area contributed by atoms with Crippen LogP contribution in [0.1, 0.15) is 26.7 Å². The summed E-state index contributed by atoms with van der Waals surface area (Å²) in [6, 6.07) is -4.05. The van der Waals surface area contributed by atoms with E-state index in [1.54, 1.807) is 0 Å². The van der Waals surface area contributed by atoms with Gasteiger partial charge in [-0.15, -0.1) is 0 Å². The summed E-state index contributed by atoms with van der Waals surface area (Å²) >= 11 is 0. The van der Waals surface area contributed by atoms with Crippen LogP contribution in [0.4, 0.5) is 0 Å². The second-order valence-corrected chi connectivity index (χ2v) is 6.62. The Morgan fingerprint density at radius 2 is 1.53 bits per heavy atom. The molecule has 0 aliphatic rings. The lowest BCUT2D eigenvalue weighted by atomic mass is 10.1. The van der Waals surface area contributed by atoms with Gasteiger partial charge in [0.05, 0.1) is 24.8 Å². The number of guanidine groups is 1. The number of rotatable bonds is 13. The van der Waals surface area contributed by atoms with Crippen molar-refractivity contribution in [1.29, 1.82) is 0 Å². The highest BCUT2D eigenvalue weighted by Gasteiger charge is 2.31. The topological polar surface area (TPSA) is 255 Å². The third kappa shape index (κ3) is 10.5. The number of carboxylic acid groups (broad SMARTS) is 1. The van der Waals surface area contributed by atoms with Crippen molar-refractivity contribution >= 4 is 29.7 Å². The largest absolute Gasteiger partial charge is 0.480 e. The van der Waals surface area contributed by atoms with Gasteiger partial charge in [0.15, 0.2) is 12.0 Å². The maximum atomic E-state index is 12.2. The summed E-state index contributed by atoms with van der Waals surface area (Å²) in [5.41, 5.74) is 16.0. The van der Waals surface area contributed by atoms with Crippen molar-refractivity contribution in [3.63, 3.8) is 0 Å². The van der Waals surface area contributed by atoms with Gasteiger partial charge in [0, 0.05) is 6.54 Å². The van der Waals surface area contributed by atoms with Gasteiger partial charge in [0.1, 0.15) is 6.04 Å². The van der Waals surface area contributed by atoms with Crippen LogP contribution < -0.4 is 33.2 Å². The number of aliphatic carboxylic acids is 1. The molecular weight excluding hydrogens is 402 g/mol. The van der Waals surface area contributed by atoms with Gasteiger partial charge in [-0.2, -0.15) is 0 Å². The maximum Gasteiger partial charge on any atom is 0.328 e. The van der Waals surface area contributed by atoms with Crippen molar-refractivity contribution in [2.75, 3.05) is 13.1 Å². The molecule has 3 amide bonds. The molecule has 0 aromatic heterocycles. The fraction of sp³-hybridized carbons (Fsp3) is 0.688. The van der Waals surface area contributed by atoms with Crippen LogP contribution in [0, 0.1) is 0 Å². The summed E-state index contributed by atoms with van der Waals surface area (Å²) in [6.07, 6.45) is -2.09. The fourth-order valence-electron chi connectivity index (χ4n) is 2.21. The Kier molecular flexibility index (Phi) is 12.0. The average Bonchev–Trinajstić information content (AvgIpc) is 2.64. The summed E-state index contributed by atoms with van der Waals surface area (Å²) in [5.74, 6) is -4.02. The summed E-state index contributed by atoms with van der Waals surface area (Å²) in [5, 5.41) is 34.6. The molecule has 0 bridgehead atoms. The van der Waals surface area contributed by atoms with E-state index in [1.807, 2.05) is 5.32 Å². The van der Waals surface area contributed by atoms with Gasteiger partial charge in [-0.05, 0) is 26.7 Å². The lowest BCUT2D eigenvalue weighted by Gasteiger charge is -2.24. The van der Waals surface area contributed by atoms with Gasteiger partial charge < -0.3 is 48.5 Å². The SMILES string of the molecule is CC(O)C(NC(=O)C(NC(=O)CNC(=O)C(N)CCCN=C(N)N)C(C)O)C(=O)O. The maximum absolute atomic E-state index is 12.2.